The molecule has 0 aliphatic heterocycles. The molecule has 4 rings (SSSR count). The van der Waals surface area contributed by atoms with Crippen LogP contribution in [-0.2, 0) is 13.2 Å². The van der Waals surface area contributed by atoms with Crippen molar-refractivity contribution in [2.45, 2.75) is 46.3 Å². The third-order valence-electron chi connectivity index (χ3n) is 5.89. The molecule has 1 aromatic carbocycles. The average molecular weight is 514 g/mol. The summed E-state index contributed by atoms with van der Waals surface area (Å²) in [6.07, 6.45) is 13.2. The Bertz CT molecular complexity index is 1470. The second-order valence-corrected chi connectivity index (χ2v) is 9.21. The molecule has 0 saturated carbocycles. The maximum absolute atomic E-state index is 14.3. The highest BCUT2D eigenvalue weighted by Crippen LogP contribution is 2.29. The zero-order chi connectivity index (χ0) is 27.1. The van der Waals surface area contributed by atoms with Crippen molar-refractivity contribution in [2.75, 3.05) is 5.73 Å². The summed E-state index contributed by atoms with van der Waals surface area (Å²) in [6, 6.07) is 8.14. The van der Waals surface area contributed by atoms with E-state index in [9.17, 15) is 4.39 Å². The van der Waals surface area contributed by atoms with E-state index < -0.39 is 5.82 Å². The van der Waals surface area contributed by atoms with E-state index in [4.69, 9.17) is 15.2 Å². The minimum absolute atomic E-state index is 0.274. The fourth-order valence-corrected chi connectivity index (χ4v) is 3.99. The van der Waals surface area contributed by atoms with Gasteiger partial charge in [-0.1, -0.05) is 44.7 Å². The minimum Gasteiger partial charge on any atom is -0.489 e. The third-order valence-corrected chi connectivity index (χ3v) is 5.89. The number of allylic oxidation sites excluding steroid dienone is 4. The van der Waals surface area contributed by atoms with Crippen molar-refractivity contribution >= 4 is 16.9 Å². The van der Waals surface area contributed by atoms with Crippen molar-refractivity contribution in [2.24, 2.45) is 0 Å². The molecule has 8 heteroatoms. The van der Waals surface area contributed by atoms with Crippen LogP contribution >= 0.6 is 0 Å². The number of nitrogens with two attached hydrogens (primary N) is 1. The van der Waals surface area contributed by atoms with Gasteiger partial charge in [0.2, 0.25) is 0 Å². The van der Waals surface area contributed by atoms with Crippen LogP contribution in [0.2, 0.25) is 0 Å². The van der Waals surface area contributed by atoms with E-state index in [-0.39, 0.29) is 6.61 Å². The first kappa shape index (κ1) is 26.6. The number of halogens is 1. The van der Waals surface area contributed by atoms with Gasteiger partial charge in [0, 0.05) is 54.8 Å². The van der Waals surface area contributed by atoms with Gasteiger partial charge in [-0.25, -0.2) is 14.4 Å². The molecule has 0 aliphatic carbocycles. The van der Waals surface area contributed by atoms with E-state index >= 15 is 0 Å². The molecule has 0 radical (unpaired) electrons. The molecule has 0 saturated heterocycles. The lowest BCUT2D eigenvalue weighted by Gasteiger charge is -2.11. The predicted molar refractivity (Wildman–Crippen MR) is 148 cm³/mol. The Kier molecular flexibility index (Phi) is 8.53. The fourth-order valence-electron chi connectivity index (χ4n) is 3.99. The Hall–Kier alpha value is -4.46. The van der Waals surface area contributed by atoms with Gasteiger partial charge in [0.25, 0.3) is 0 Å². The van der Waals surface area contributed by atoms with Crippen LogP contribution in [0.4, 0.5) is 10.2 Å². The highest BCUT2D eigenvalue weighted by Gasteiger charge is 2.15. The largest absolute Gasteiger partial charge is 0.489 e. The summed E-state index contributed by atoms with van der Waals surface area (Å²) in [7, 11) is 0. The first-order valence-corrected chi connectivity index (χ1v) is 12.4. The number of hydrogen-bond acceptors (Lipinski definition) is 6. The Balaban J connectivity index is 1.42. The molecule has 3 aromatic heterocycles. The predicted octanol–water partition coefficient (Wildman–Crippen LogP) is 6.65. The van der Waals surface area contributed by atoms with Gasteiger partial charge in [-0.2, -0.15) is 0 Å². The molecule has 0 amide bonds. The zero-order valence-corrected chi connectivity index (χ0v) is 21.9. The number of rotatable bonds is 11. The van der Waals surface area contributed by atoms with Crippen LogP contribution in [0.15, 0.2) is 85.7 Å². The number of benzene rings is 1. The van der Waals surface area contributed by atoms with Crippen LogP contribution in [0.5, 0.6) is 11.5 Å². The Morgan fingerprint density at radius 3 is 2.68 bits per heavy atom. The standard InChI is InChI=1S/C30H32FN5O2/c1-5-8-24(9-6-7-12-36-17-27(20(2)3)28-29(36)30(32)35-19-34-28)38-26-14-23(31)13-25(15-26)37-18-22-11-10-21(4)33-16-22/h5-8,10-11,13-17,19-20H,1,9,12,18H2,2-4H3,(H2,32,34,35)/b7-6-,24-8+. The SMILES string of the molecule is C=C/C=C(\C/C=C\Cn1cc(C(C)C)c2ncnc(N)c21)Oc1cc(F)cc(OCc2ccc(C)nc2)c1. The van der Waals surface area contributed by atoms with E-state index in [1.807, 2.05) is 35.8 Å². The number of ether oxygens (including phenoxy) is 2. The summed E-state index contributed by atoms with van der Waals surface area (Å²) in [5, 5.41) is 0. The van der Waals surface area contributed by atoms with Crippen molar-refractivity contribution in [1.29, 1.82) is 0 Å². The molecule has 3 heterocycles. The maximum atomic E-state index is 14.3. The van der Waals surface area contributed by atoms with Gasteiger partial charge in [-0.3, -0.25) is 4.98 Å². The smallest absolute Gasteiger partial charge is 0.151 e. The monoisotopic (exact) mass is 513 g/mol. The fraction of sp³-hybridized carbons (Fsp3) is 0.233. The molecule has 196 valence electrons. The van der Waals surface area contributed by atoms with E-state index in [2.05, 4.69) is 41.6 Å². The molecular weight excluding hydrogens is 481 g/mol. The molecule has 0 bridgehead atoms. The molecule has 4 aromatic rings. The van der Waals surface area contributed by atoms with Gasteiger partial charge in [-0.05, 0) is 30.5 Å². The number of fused-ring (bicyclic) bond motifs is 1. The Morgan fingerprint density at radius 1 is 1.13 bits per heavy atom. The van der Waals surface area contributed by atoms with Gasteiger partial charge in [0.15, 0.2) is 5.82 Å². The summed E-state index contributed by atoms with van der Waals surface area (Å²) < 4.78 is 28.1. The Morgan fingerprint density at radius 2 is 1.95 bits per heavy atom. The highest BCUT2D eigenvalue weighted by molar-refractivity contribution is 5.88. The first-order valence-electron chi connectivity index (χ1n) is 12.4. The van der Waals surface area contributed by atoms with Gasteiger partial charge in [0.1, 0.15) is 41.5 Å². The second kappa shape index (κ2) is 12.2. The number of hydrogen-bond donors (Lipinski definition) is 1. The third kappa shape index (κ3) is 6.64. The number of nitrogen functional groups attached to an aromatic ring is 1. The summed E-state index contributed by atoms with van der Waals surface area (Å²) in [6.45, 7) is 10.8. The van der Waals surface area contributed by atoms with Crippen molar-refractivity contribution in [3.8, 4) is 11.5 Å². The lowest BCUT2D eigenvalue weighted by molar-refractivity contribution is 0.301. The molecule has 0 atom stereocenters. The Labute approximate surface area is 222 Å². The van der Waals surface area contributed by atoms with E-state index in [1.165, 1.54) is 18.5 Å². The summed E-state index contributed by atoms with van der Waals surface area (Å²) in [5.74, 6) is 1.63. The van der Waals surface area contributed by atoms with Crippen molar-refractivity contribution < 1.29 is 13.9 Å². The van der Waals surface area contributed by atoms with Gasteiger partial charge >= 0.3 is 0 Å². The van der Waals surface area contributed by atoms with Crippen LogP contribution in [-0.4, -0.2) is 19.5 Å². The summed E-state index contributed by atoms with van der Waals surface area (Å²) >= 11 is 0. The van der Waals surface area contributed by atoms with Crippen molar-refractivity contribution in [3.63, 3.8) is 0 Å². The van der Waals surface area contributed by atoms with Crippen molar-refractivity contribution in [1.82, 2.24) is 19.5 Å². The van der Waals surface area contributed by atoms with Crippen LogP contribution in [0.1, 0.15) is 43.0 Å². The minimum atomic E-state index is -0.451. The molecule has 38 heavy (non-hydrogen) atoms. The topological polar surface area (TPSA) is 88.1 Å². The number of aromatic nitrogens is 4. The van der Waals surface area contributed by atoms with E-state index in [1.54, 1.807) is 24.4 Å². The number of anilines is 1. The van der Waals surface area contributed by atoms with Crippen LogP contribution in [0, 0.1) is 12.7 Å². The second-order valence-electron chi connectivity index (χ2n) is 9.21. The van der Waals surface area contributed by atoms with Gasteiger partial charge in [0.05, 0.1) is 5.52 Å². The van der Waals surface area contributed by atoms with Gasteiger partial charge in [-0.15, -0.1) is 0 Å². The lowest BCUT2D eigenvalue weighted by Crippen LogP contribution is -2.00. The molecule has 0 fully saturated rings. The van der Waals surface area contributed by atoms with Crippen LogP contribution < -0.4 is 15.2 Å². The number of aryl methyl sites for hydroxylation is 1. The van der Waals surface area contributed by atoms with E-state index in [0.29, 0.717) is 42.0 Å². The molecule has 0 aliphatic rings. The quantitative estimate of drug-likeness (QED) is 0.137. The summed E-state index contributed by atoms with van der Waals surface area (Å²) in [4.78, 5) is 12.8. The molecular formula is C30H32FN5O2. The van der Waals surface area contributed by atoms with Gasteiger partial charge < -0.3 is 19.8 Å². The van der Waals surface area contributed by atoms with E-state index in [0.717, 1.165) is 27.9 Å². The first-order chi connectivity index (χ1) is 18.3. The molecule has 0 spiro atoms. The molecule has 2 N–H and O–H groups in total. The average Bonchev–Trinajstić information content (AvgIpc) is 3.26. The molecule has 0 unspecified atom stereocenters. The summed E-state index contributed by atoms with van der Waals surface area (Å²) in [5.41, 5.74) is 10.8. The number of nitrogens with zero attached hydrogens (tertiary/aromatic N) is 4. The normalized spacial score (nSPS) is 12.0. The number of pyridine rings is 1. The molecule has 7 nitrogen and oxygen atoms in total. The zero-order valence-electron chi connectivity index (χ0n) is 21.9. The van der Waals surface area contributed by atoms with Crippen LogP contribution in [0.25, 0.3) is 11.0 Å². The van der Waals surface area contributed by atoms with Crippen LogP contribution in [0.3, 0.4) is 0 Å². The maximum Gasteiger partial charge on any atom is 0.151 e. The highest BCUT2D eigenvalue weighted by atomic mass is 19.1. The lowest BCUT2D eigenvalue weighted by atomic mass is 10.1. The van der Waals surface area contributed by atoms with Crippen molar-refractivity contribution in [3.05, 3.63) is 108 Å².